The summed E-state index contributed by atoms with van der Waals surface area (Å²) in [6, 6.07) is 0. The second-order valence-electron chi connectivity index (χ2n) is 7.86. The van der Waals surface area contributed by atoms with E-state index in [1.54, 1.807) is 0 Å². The molecule has 3 aliphatic carbocycles. The molecule has 0 unspecified atom stereocenters. The van der Waals surface area contributed by atoms with Crippen LogP contribution in [0.25, 0.3) is 0 Å². The first-order valence-electron chi connectivity index (χ1n) is 7.84. The van der Waals surface area contributed by atoms with E-state index in [1.165, 1.54) is 12.5 Å². The van der Waals surface area contributed by atoms with E-state index in [0.29, 0.717) is 18.8 Å². The van der Waals surface area contributed by atoms with Gasteiger partial charge < -0.3 is 9.84 Å². The number of alkyl halides is 1. The molecule has 0 heterocycles. The summed E-state index contributed by atoms with van der Waals surface area (Å²) < 4.78 is 5.52. The Labute approximate surface area is 135 Å². The molecule has 0 aliphatic heterocycles. The highest BCUT2D eigenvalue weighted by Gasteiger charge is 2.70. The monoisotopic (exact) mass is 356 g/mol. The van der Waals surface area contributed by atoms with Gasteiger partial charge >= 0.3 is 5.97 Å². The van der Waals surface area contributed by atoms with Crippen molar-refractivity contribution >= 4 is 21.9 Å². The highest BCUT2D eigenvalue weighted by atomic mass is 79.9. The predicted molar refractivity (Wildman–Crippen MR) is 85.1 cm³/mol. The molecule has 4 heteroatoms. The van der Waals surface area contributed by atoms with Gasteiger partial charge in [-0.1, -0.05) is 41.9 Å². The first kappa shape index (κ1) is 15.5. The van der Waals surface area contributed by atoms with Crippen molar-refractivity contribution < 1.29 is 14.6 Å². The molecule has 5 atom stereocenters. The fraction of sp³-hybridized carbons (Fsp3) is 0.824. The van der Waals surface area contributed by atoms with E-state index in [0.717, 1.165) is 19.3 Å². The van der Waals surface area contributed by atoms with Gasteiger partial charge in [-0.05, 0) is 37.0 Å². The van der Waals surface area contributed by atoms with Gasteiger partial charge in [0.05, 0.1) is 10.4 Å². The summed E-state index contributed by atoms with van der Waals surface area (Å²) in [5.74, 6) is 0.272. The van der Waals surface area contributed by atoms with Crippen LogP contribution >= 0.6 is 15.9 Å². The summed E-state index contributed by atoms with van der Waals surface area (Å²) >= 11 is 3.79. The SMILES string of the molecule is C=C1C[C@@]2(O)C[C@H](OC(C)=O)[C@H](Br)C(C)(C)[C@@]23CC[C@@H]1C3. The van der Waals surface area contributed by atoms with Crippen LogP contribution in [-0.4, -0.2) is 27.6 Å². The minimum Gasteiger partial charge on any atom is -0.461 e. The third-order valence-corrected chi connectivity index (χ3v) is 8.34. The van der Waals surface area contributed by atoms with Crippen molar-refractivity contribution in [1.82, 2.24) is 0 Å². The van der Waals surface area contributed by atoms with Crippen molar-refractivity contribution in [3.63, 3.8) is 0 Å². The number of ether oxygens (including phenoxy) is 1. The Bertz CT molecular complexity index is 500. The summed E-state index contributed by atoms with van der Waals surface area (Å²) in [6.45, 7) is 10.1. The van der Waals surface area contributed by atoms with E-state index in [4.69, 9.17) is 4.74 Å². The second kappa shape index (κ2) is 4.58. The topological polar surface area (TPSA) is 46.5 Å². The molecule has 0 aromatic rings. The molecule has 118 valence electrons. The van der Waals surface area contributed by atoms with Crippen LogP contribution in [-0.2, 0) is 9.53 Å². The Balaban J connectivity index is 2.04. The second-order valence-corrected chi connectivity index (χ2v) is 8.85. The summed E-state index contributed by atoms with van der Waals surface area (Å²) in [6.07, 6.45) is 4.07. The first-order chi connectivity index (χ1) is 9.63. The fourth-order valence-electron chi connectivity index (χ4n) is 5.44. The number of aliphatic hydroxyl groups is 1. The van der Waals surface area contributed by atoms with Crippen molar-refractivity contribution in [3.05, 3.63) is 12.2 Å². The van der Waals surface area contributed by atoms with E-state index >= 15 is 0 Å². The summed E-state index contributed by atoms with van der Waals surface area (Å²) in [4.78, 5) is 11.5. The largest absolute Gasteiger partial charge is 0.461 e. The van der Waals surface area contributed by atoms with Crippen LogP contribution in [0.2, 0.25) is 0 Å². The number of fused-ring (bicyclic) bond motifs is 1. The van der Waals surface area contributed by atoms with Crippen LogP contribution < -0.4 is 0 Å². The molecule has 3 fully saturated rings. The van der Waals surface area contributed by atoms with Gasteiger partial charge in [0.1, 0.15) is 6.10 Å². The van der Waals surface area contributed by atoms with Gasteiger partial charge in [0.2, 0.25) is 0 Å². The van der Waals surface area contributed by atoms with Crippen LogP contribution in [0.5, 0.6) is 0 Å². The number of esters is 1. The van der Waals surface area contributed by atoms with Crippen LogP contribution in [0.4, 0.5) is 0 Å². The van der Waals surface area contributed by atoms with Crippen molar-refractivity contribution in [2.75, 3.05) is 0 Å². The Morgan fingerprint density at radius 1 is 1.43 bits per heavy atom. The fourth-order valence-corrected chi connectivity index (χ4v) is 6.17. The molecular formula is C17H25BrO3. The maximum Gasteiger partial charge on any atom is 0.302 e. The van der Waals surface area contributed by atoms with Gasteiger partial charge in [-0.2, -0.15) is 0 Å². The molecule has 3 nitrogen and oxygen atoms in total. The minimum absolute atomic E-state index is 0.0688. The Morgan fingerprint density at radius 2 is 2.10 bits per heavy atom. The Kier molecular flexibility index (Phi) is 3.39. The average molecular weight is 357 g/mol. The van der Waals surface area contributed by atoms with Crippen LogP contribution in [0.15, 0.2) is 12.2 Å². The zero-order valence-electron chi connectivity index (χ0n) is 13.1. The number of rotatable bonds is 1. The van der Waals surface area contributed by atoms with E-state index in [-0.39, 0.29) is 27.7 Å². The average Bonchev–Trinajstić information content (AvgIpc) is 2.77. The summed E-state index contributed by atoms with van der Waals surface area (Å²) in [5, 5.41) is 11.5. The van der Waals surface area contributed by atoms with Gasteiger partial charge in [-0.15, -0.1) is 0 Å². The number of hydrogen-bond donors (Lipinski definition) is 1. The maximum absolute atomic E-state index is 11.5. The van der Waals surface area contributed by atoms with Crippen molar-refractivity contribution in [2.24, 2.45) is 16.7 Å². The van der Waals surface area contributed by atoms with Crippen molar-refractivity contribution in [1.29, 1.82) is 0 Å². The molecule has 0 aromatic carbocycles. The van der Waals surface area contributed by atoms with Crippen molar-refractivity contribution in [3.8, 4) is 0 Å². The van der Waals surface area contributed by atoms with Crippen LogP contribution in [0.3, 0.4) is 0 Å². The standard InChI is InChI=1S/C17H25BrO3/c1-10-7-17(20)9-13(21-11(2)19)14(18)15(3,4)16(17)6-5-12(10)8-16/h12-14,20H,1,5-9H2,2-4H3/t12-,13+,14+,16+,17-/m1/s1. The van der Waals surface area contributed by atoms with E-state index in [2.05, 4.69) is 36.4 Å². The molecule has 0 amide bonds. The molecule has 0 aromatic heterocycles. The molecule has 2 bridgehead atoms. The normalized spacial score (nSPS) is 47.9. The van der Waals surface area contributed by atoms with E-state index in [1.807, 2.05) is 0 Å². The third kappa shape index (κ3) is 1.91. The lowest BCUT2D eigenvalue weighted by Gasteiger charge is -2.63. The zero-order valence-corrected chi connectivity index (χ0v) is 14.7. The molecule has 1 N–H and O–H groups in total. The molecule has 3 saturated carbocycles. The number of carbonyl (C=O) groups excluding carboxylic acids is 1. The summed E-state index contributed by atoms with van der Waals surface area (Å²) in [7, 11) is 0. The predicted octanol–water partition coefficient (Wildman–Crippen LogP) is 3.59. The highest BCUT2D eigenvalue weighted by Crippen LogP contribution is 2.70. The highest BCUT2D eigenvalue weighted by molar-refractivity contribution is 9.09. The maximum atomic E-state index is 11.5. The van der Waals surface area contributed by atoms with Crippen LogP contribution in [0.1, 0.15) is 52.9 Å². The van der Waals surface area contributed by atoms with Crippen molar-refractivity contribution in [2.45, 2.75) is 69.4 Å². The molecule has 0 radical (unpaired) electrons. The van der Waals surface area contributed by atoms with Gasteiger partial charge in [0, 0.05) is 18.8 Å². The lowest BCUT2D eigenvalue weighted by Crippen LogP contribution is -2.67. The number of carbonyl (C=O) groups is 1. The van der Waals surface area contributed by atoms with E-state index in [9.17, 15) is 9.90 Å². The quantitative estimate of drug-likeness (QED) is 0.443. The van der Waals surface area contributed by atoms with Gasteiger partial charge in [0.15, 0.2) is 0 Å². The lowest BCUT2D eigenvalue weighted by molar-refractivity contribution is -0.211. The molecular weight excluding hydrogens is 332 g/mol. The minimum atomic E-state index is -0.801. The molecule has 0 saturated heterocycles. The van der Waals surface area contributed by atoms with Gasteiger partial charge in [0.25, 0.3) is 0 Å². The summed E-state index contributed by atoms with van der Waals surface area (Å²) in [5.41, 5.74) is 0.146. The molecule has 1 spiro atoms. The van der Waals surface area contributed by atoms with Gasteiger partial charge in [-0.3, -0.25) is 4.79 Å². The molecule has 3 aliphatic rings. The molecule has 21 heavy (non-hydrogen) atoms. The van der Waals surface area contributed by atoms with Crippen LogP contribution in [0, 0.1) is 16.7 Å². The molecule has 3 rings (SSSR count). The smallest absolute Gasteiger partial charge is 0.302 e. The Hall–Kier alpha value is -0.350. The van der Waals surface area contributed by atoms with E-state index < -0.39 is 5.60 Å². The number of hydrogen-bond acceptors (Lipinski definition) is 3. The first-order valence-corrected chi connectivity index (χ1v) is 8.76. The third-order valence-electron chi connectivity index (χ3n) is 6.61. The zero-order chi connectivity index (χ0) is 15.6. The lowest BCUT2D eigenvalue weighted by atomic mass is 9.46. The number of halogens is 1. The van der Waals surface area contributed by atoms with Gasteiger partial charge in [-0.25, -0.2) is 0 Å². The Morgan fingerprint density at radius 3 is 2.71 bits per heavy atom.